The summed E-state index contributed by atoms with van der Waals surface area (Å²) in [6.45, 7) is 4.54. The van der Waals surface area contributed by atoms with Crippen molar-refractivity contribution in [2.24, 2.45) is 5.41 Å². The van der Waals surface area contributed by atoms with Gasteiger partial charge in [0, 0.05) is 18.1 Å². The topological polar surface area (TPSA) is 29.5 Å². The molecule has 1 aromatic rings. The minimum atomic E-state index is -0.537. The van der Waals surface area contributed by atoms with Gasteiger partial charge in [-0.25, -0.2) is 4.39 Å². The Morgan fingerprint density at radius 3 is 2.58 bits per heavy atom. The fourth-order valence-corrected chi connectivity index (χ4v) is 3.30. The number of ether oxygens (including phenoxy) is 1. The van der Waals surface area contributed by atoms with E-state index in [2.05, 4.69) is 13.8 Å². The molecule has 0 bridgehead atoms. The Morgan fingerprint density at radius 2 is 1.89 bits per heavy atom. The maximum absolute atomic E-state index is 13.3. The van der Waals surface area contributed by atoms with Gasteiger partial charge in [-0.3, -0.25) is 0 Å². The van der Waals surface area contributed by atoms with Gasteiger partial charge >= 0.3 is 0 Å². The first kappa shape index (κ1) is 12.9. The molecule has 0 amide bonds. The van der Waals surface area contributed by atoms with Crippen LogP contribution in [0.3, 0.4) is 0 Å². The van der Waals surface area contributed by atoms with Crippen molar-refractivity contribution in [3.63, 3.8) is 0 Å². The van der Waals surface area contributed by atoms with Crippen LogP contribution in [0.25, 0.3) is 0 Å². The number of aliphatic hydroxyl groups is 1. The molecule has 104 valence electrons. The van der Waals surface area contributed by atoms with Crippen molar-refractivity contribution in [1.82, 2.24) is 0 Å². The van der Waals surface area contributed by atoms with E-state index in [1.807, 2.05) is 0 Å². The van der Waals surface area contributed by atoms with E-state index in [0.29, 0.717) is 17.6 Å². The van der Waals surface area contributed by atoms with Gasteiger partial charge in [0.25, 0.3) is 0 Å². The van der Waals surface area contributed by atoms with Gasteiger partial charge in [0.2, 0.25) is 0 Å². The average Bonchev–Trinajstić information content (AvgIpc) is 2.33. The van der Waals surface area contributed by atoms with Crippen LogP contribution in [0.5, 0.6) is 5.75 Å². The Morgan fingerprint density at radius 1 is 1.21 bits per heavy atom. The highest BCUT2D eigenvalue weighted by Gasteiger charge is 2.44. The Kier molecular flexibility index (Phi) is 2.86. The Balaban J connectivity index is 1.88. The van der Waals surface area contributed by atoms with Gasteiger partial charge < -0.3 is 9.84 Å². The molecule has 1 aromatic carbocycles. The van der Waals surface area contributed by atoms with Gasteiger partial charge in [-0.05, 0) is 43.2 Å². The molecule has 1 atom stereocenters. The zero-order valence-corrected chi connectivity index (χ0v) is 11.6. The van der Waals surface area contributed by atoms with Crippen LogP contribution >= 0.6 is 0 Å². The number of fused-ring (bicyclic) bond motifs is 1. The monoisotopic (exact) mass is 264 g/mol. The molecule has 2 aliphatic rings. The van der Waals surface area contributed by atoms with Crippen molar-refractivity contribution in [3.8, 4) is 5.75 Å². The van der Waals surface area contributed by atoms with Crippen molar-refractivity contribution in [3.05, 3.63) is 29.6 Å². The number of aliphatic hydroxyl groups excluding tert-OH is 1. The Bertz CT molecular complexity index is 486. The molecular weight excluding hydrogens is 243 g/mol. The van der Waals surface area contributed by atoms with Crippen molar-refractivity contribution < 1.29 is 14.2 Å². The number of hydrogen-bond donors (Lipinski definition) is 1. The van der Waals surface area contributed by atoms with Crippen LogP contribution in [-0.4, -0.2) is 10.7 Å². The van der Waals surface area contributed by atoms with Crippen molar-refractivity contribution in [1.29, 1.82) is 0 Å². The minimum absolute atomic E-state index is 0.296. The summed E-state index contributed by atoms with van der Waals surface area (Å²) in [6, 6.07) is 4.42. The molecule has 0 radical (unpaired) electrons. The van der Waals surface area contributed by atoms with Crippen LogP contribution in [0.4, 0.5) is 4.39 Å². The average molecular weight is 264 g/mol. The molecule has 1 fully saturated rings. The van der Waals surface area contributed by atoms with Crippen LogP contribution in [-0.2, 0) is 0 Å². The van der Waals surface area contributed by atoms with Crippen LogP contribution in [0.15, 0.2) is 18.2 Å². The first-order valence-corrected chi connectivity index (χ1v) is 7.06. The van der Waals surface area contributed by atoms with E-state index in [9.17, 15) is 9.50 Å². The molecule has 1 aliphatic heterocycles. The summed E-state index contributed by atoms with van der Waals surface area (Å²) in [5.74, 6) is 0.220. The highest BCUT2D eigenvalue weighted by molar-refractivity contribution is 5.38. The normalized spacial score (nSPS) is 27.7. The summed E-state index contributed by atoms with van der Waals surface area (Å²) >= 11 is 0. The summed E-state index contributed by atoms with van der Waals surface area (Å²) in [5, 5.41) is 10.3. The zero-order chi connectivity index (χ0) is 13.7. The first-order chi connectivity index (χ1) is 8.89. The molecule has 0 aromatic heterocycles. The summed E-state index contributed by atoms with van der Waals surface area (Å²) in [7, 11) is 0. The molecule has 2 nitrogen and oxygen atoms in total. The fourth-order valence-electron chi connectivity index (χ4n) is 3.30. The number of rotatable bonds is 0. The lowest BCUT2D eigenvalue weighted by atomic mass is 9.68. The largest absolute Gasteiger partial charge is 0.487 e. The summed E-state index contributed by atoms with van der Waals surface area (Å²) in [6.07, 6.45) is 4.14. The van der Waals surface area contributed by atoms with Gasteiger partial charge in [-0.1, -0.05) is 13.8 Å². The lowest BCUT2D eigenvalue weighted by molar-refractivity contribution is -0.0578. The summed E-state index contributed by atoms with van der Waals surface area (Å²) < 4.78 is 19.4. The second-order valence-electron chi connectivity index (χ2n) is 6.85. The summed E-state index contributed by atoms with van der Waals surface area (Å²) in [5.41, 5.74) is 0.772. The van der Waals surface area contributed by atoms with Crippen molar-refractivity contribution >= 4 is 0 Å². The SMILES string of the molecule is CC1(C)CCC2(CC1)C[C@H](O)c1ccc(F)cc1O2. The van der Waals surface area contributed by atoms with Gasteiger partial charge in [0.05, 0.1) is 6.10 Å². The lowest BCUT2D eigenvalue weighted by Gasteiger charge is -2.47. The molecule has 0 unspecified atom stereocenters. The van der Waals surface area contributed by atoms with Crippen LogP contribution < -0.4 is 4.74 Å². The highest BCUT2D eigenvalue weighted by Crippen LogP contribution is 2.49. The zero-order valence-electron chi connectivity index (χ0n) is 11.6. The molecule has 3 rings (SSSR count). The molecular formula is C16H21FO2. The van der Waals surface area contributed by atoms with Gasteiger partial charge in [0.1, 0.15) is 17.2 Å². The third-order valence-corrected chi connectivity index (χ3v) is 4.74. The fraction of sp³-hybridized carbons (Fsp3) is 0.625. The van der Waals surface area contributed by atoms with Gasteiger partial charge in [-0.2, -0.15) is 0 Å². The predicted molar refractivity (Wildman–Crippen MR) is 71.6 cm³/mol. The highest BCUT2D eigenvalue weighted by atomic mass is 19.1. The third-order valence-electron chi connectivity index (χ3n) is 4.74. The maximum Gasteiger partial charge on any atom is 0.128 e. The van der Waals surface area contributed by atoms with Crippen LogP contribution in [0.1, 0.15) is 57.6 Å². The van der Waals surface area contributed by atoms with E-state index in [1.54, 1.807) is 6.07 Å². The lowest BCUT2D eigenvalue weighted by Crippen LogP contribution is -2.45. The van der Waals surface area contributed by atoms with Crippen LogP contribution in [0.2, 0.25) is 0 Å². The first-order valence-electron chi connectivity index (χ1n) is 7.06. The van der Waals surface area contributed by atoms with Gasteiger partial charge in [-0.15, -0.1) is 0 Å². The van der Waals surface area contributed by atoms with E-state index in [4.69, 9.17) is 4.74 Å². The molecule has 1 N–H and O–H groups in total. The number of halogens is 1. The minimum Gasteiger partial charge on any atom is -0.487 e. The second-order valence-corrected chi connectivity index (χ2v) is 6.85. The number of hydrogen-bond acceptors (Lipinski definition) is 2. The van der Waals surface area contributed by atoms with E-state index in [1.165, 1.54) is 12.1 Å². The molecule has 0 saturated heterocycles. The smallest absolute Gasteiger partial charge is 0.128 e. The quantitative estimate of drug-likeness (QED) is 0.768. The maximum atomic E-state index is 13.3. The van der Waals surface area contributed by atoms with Crippen molar-refractivity contribution in [2.45, 2.75) is 57.7 Å². The summed E-state index contributed by atoms with van der Waals surface area (Å²) in [4.78, 5) is 0. The number of benzene rings is 1. The van der Waals surface area contributed by atoms with Crippen LogP contribution in [0, 0.1) is 11.2 Å². The standard InChI is InChI=1S/C16H21FO2/c1-15(2)5-7-16(8-6-15)10-13(18)12-4-3-11(17)9-14(12)19-16/h3-4,9,13,18H,5-8,10H2,1-2H3/t13-/m0/s1. The van der Waals surface area contributed by atoms with E-state index in [0.717, 1.165) is 31.2 Å². The van der Waals surface area contributed by atoms with E-state index < -0.39 is 6.10 Å². The van der Waals surface area contributed by atoms with Gasteiger partial charge in [0.15, 0.2) is 0 Å². The molecule has 3 heteroatoms. The van der Waals surface area contributed by atoms with E-state index in [-0.39, 0.29) is 11.4 Å². The second kappa shape index (κ2) is 4.20. The Hall–Kier alpha value is -1.09. The van der Waals surface area contributed by atoms with Crippen molar-refractivity contribution in [2.75, 3.05) is 0 Å². The van der Waals surface area contributed by atoms with E-state index >= 15 is 0 Å². The predicted octanol–water partition coefficient (Wildman–Crippen LogP) is 3.98. The third kappa shape index (κ3) is 2.36. The molecule has 1 heterocycles. The molecule has 19 heavy (non-hydrogen) atoms. The Labute approximate surface area is 113 Å². The molecule has 1 saturated carbocycles. The molecule has 1 aliphatic carbocycles. The molecule has 1 spiro atoms.